The Balaban J connectivity index is 3.33. The maximum absolute atomic E-state index is 11.8. The van der Waals surface area contributed by atoms with Gasteiger partial charge >= 0.3 is 11.9 Å². The van der Waals surface area contributed by atoms with Crippen molar-refractivity contribution >= 4 is 29.0 Å². The second-order valence-corrected chi connectivity index (χ2v) is 4.30. The number of nitrogens with zero attached hydrogens (tertiary/aromatic N) is 1. The molecule has 19 heavy (non-hydrogen) atoms. The first kappa shape index (κ1) is 15.1. The van der Waals surface area contributed by atoms with Gasteiger partial charge in [-0.25, -0.2) is 9.59 Å². The third-order valence-corrected chi connectivity index (χ3v) is 2.90. The number of likely N-dealkylation sites (N-methyl/N-ethyl adjacent to an activating group) is 1. The minimum Gasteiger partial charge on any atom is -0.465 e. The van der Waals surface area contributed by atoms with Crippen LogP contribution in [0.1, 0.15) is 6.92 Å². The lowest BCUT2D eigenvalue weighted by atomic mass is 10.1. The summed E-state index contributed by atoms with van der Waals surface area (Å²) in [6, 6.07) is 0. The van der Waals surface area contributed by atoms with Crippen molar-refractivity contribution < 1.29 is 19.1 Å². The lowest BCUT2D eigenvalue weighted by Crippen LogP contribution is -2.27. The summed E-state index contributed by atoms with van der Waals surface area (Å²) >= 11 is 4.99. The summed E-state index contributed by atoms with van der Waals surface area (Å²) in [7, 11) is 4.19. The predicted octanol–water partition coefficient (Wildman–Crippen LogP) is 1.36. The molecular weight excluding hydrogens is 266 g/mol. The Bertz CT molecular complexity index is 517. The van der Waals surface area contributed by atoms with Gasteiger partial charge in [0.1, 0.15) is 10.4 Å². The minimum absolute atomic E-state index is 0.0202. The van der Waals surface area contributed by atoms with Gasteiger partial charge in [0.15, 0.2) is 0 Å². The Morgan fingerprint density at radius 1 is 1.16 bits per heavy atom. The number of ether oxygens (including phenoxy) is 2. The van der Waals surface area contributed by atoms with Gasteiger partial charge in [-0.1, -0.05) is 18.3 Å². The molecule has 0 amide bonds. The number of allylic oxidation sites excluding steroid dienone is 3. The highest BCUT2D eigenvalue weighted by atomic mass is 32.1. The van der Waals surface area contributed by atoms with Crippen molar-refractivity contribution in [3.05, 3.63) is 35.2 Å². The van der Waals surface area contributed by atoms with E-state index in [0.717, 1.165) is 5.57 Å². The number of rotatable bonds is 3. The molecular formula is C13H15NO4S. The van der Waals surface area contributed by atoms with Crippen LogP contribution in [0.25, 0.3) is 0 Å². The Hall–Kier alpha value is -1.95. The summed E-state index contributed by atoms with van der Waals surface area (Å²) in [5, 5.41) is 0. The van der Waals surface area contributed by atoms with Crippen LogP contribution in [0.5, 0.6) is 0 Å². The second-order valence-electron chi connectivity index (χ2n) is 3.89. The SMILES string of the molecule is COC(=O)C(=S)/C(C(=O)OC)=C1/C=CC(C)=CN1C. The average Bonchev–Trinajstić information content (AvgIpc) is 2.39. The van der Waals surface area contributed by atoms with Gasteiger partial charge in [0.25, 0.3) is 0 Å². The van der Waals surface area contributed by atoms with Gasteiger partial charge in [-0.3, -0.25) is 0 Å². The van der Waals surface area contributed by atoms with Crippen LogP contribution < -0.4 is 0 Å². The molecule has 0 bridgehead atoms. The van der Waals surface area contributed by atoms with Crippen molar-refractivity contribution in [2.45, 2.75) is 6.92 Å². The normalized spacial score (nSPS) is 16.6. The van der Waals surface area contributed by atoms with Crippen LogP contribution in [0.15, 0.2) is 35.2 Å². The maximum atomic E-state index is 11.8. The van der Waals surface area contributed by atoms with Crippen LogP contribution in [0.2, 0.25) is 0 Å². The van der Waals surface area contributed by atoms with Crippen LogP contribution >= 0.6 is 12.2 Å². The lowest BCUT2D eigenvalue weighted by molar-refractivity contribution is -0.137. The van der Waals surface area contributed by atoms with Gasteiger partial charge in [0, 0.05) is 13.2 Å². The largest absolute Gasteiger partial charge is 0.465 e. The van der Waals surface area contributed by atoms with E-state index < -0.39 is 11.9 Å². The molecule has 5 nitrogen and oxygen atoms in total. The predicted molar refractivity (Wildman–Crippen MR) is 74.3 cm³/mol. The molecule has 0 atom stereocenters. The van der Waals surface area contributed by atoms with E-state index in [9.17, 15) is 9.59 Å². The number of methoxy groups -OCH3 is 2. The van der Waals surface area contributed by atoms with Gasteiger partial charge in [-0.05, 0) is 18.6 Å². The molecule has 0 aromatic carbocycles. The van der Waals surface area contributed by atoms with Crippen molar-refractivity contribution in [1.82, 2.24) is 4.90 Å². The number of esters is 2. The summed E-state index contributed by atoms with van der Waals surface area (Å²) in [4.78, 5) is 24.9. The number of carbonyl (C=O) groups excluding carboxylic acids is 2. The molecule has 0 spiro atoms. The molecule has 1 aliphatic heterocycles. The summed E-state index contributed by atoms with van der Waals surface area (Å²) < 4.78 is 9.24. The Morgan fingerprint density at radius 3 is 2.21 bits per heavy atom. The third-order valence-electron chi connectivity index (χ3n) is 2.52. The molecule has 6 heteroatoms. The maximum Gasteiger partial charge on any atom is 0.349 e. The zero-order valence-corrected chi connectivity index (χ0v) is 12.0. The van der Waals surface area contributed by atoms with Crippen LogP contribution in [0.4, 0.5) is 0 Å². The standard InChI is InChI=1S/C13H15NO4S/c1-8-5-6-9(14(2)7-8)10(12(15)17-3)11(19)13(16)18-4/h5-7H,1-4H3/b10-9+. The smallest absolute Gasteiger partial charge is 0.349 e. The molecule has 0 aliphatic carbocycles. The third kappa shape index (κ3) is 3.29. The van der Waals surface area contributed by atoms with E-state index in [2.05, 4.69) is 9.47 Å². The average molecular weight is 281 g/mol. The van der Waals surface area contributed by atoms with Gasteiger partial charge < -0.3 is 14.4 Å². The molecule has 0 fully saturated rings. The zero-order valence-electron chi connectivity index (χ0n) is 11.2. The van der Waals surface area contributed by atoms with E-state index in [1.807, 2.05) is 19.2 Å². The number of hydrogen-bond donors (Lipinski definition) is 0. The first-order valence-corrected chi connectivity index (χ1v) is 5.87. The van der Waals surface area contributed by atoms with E-state index in [0.29, 0.717) is 5.70 Å². The first-order valence-electron chi connectivity index (χ1n) is 5.47. The summed E-state index contributed by atoms with van der Waals surface area (Å²) in [5.41, 5.74) is 1.53. The van der Waals surface area contributed by atoms with Crippen molar-refractivity contribution in [2.24, 2.45) is 0 Å². The van der Waals surface area contributed by atoms with E-state index in [4.69, 9.17) is 12.2 Å². The molecule has 1 rings (SSSR count). The highest BCUT2D eigenvalue weighted by Crippen LogP contribution is 2.20. The monoisotopic (exact) mass is 281 g/mol. The van der Waals surface area contributed by atoms with E-state index in [1.54, 1.807) is 18.0 Å². The Kier molecular flexibility index (Phi) is 5.00. The van der Waals surface area contributed by atoms with Crippen LogP contribution in [0.3, 0.4) is 0 Å². The number of thiocarbonyl (C=S) groups is 1. The molecule has 1 aliphatic rings. The Morgan fingerprint density at radius 2 is 1.74 bits per heavy atom. The molecule has 1 heterocycles. The highest BCUT2D eigenvalue weighted by Gasteiger charge is 2.27. The van der Waals surface area contributed by atoms with E-state index in [1.165, 1.54) is 14.2 Å². The molecule has 0 saturated heterocycles. The molecule has 102 valence electrons. The minimum atomic E-state index is -0.740. The molecule has 0 aromatic rings. The van der Waals surface area contributed by atoms with E-state index in [-0.39, 0.29) is 10.4 Å². The highest BCUT2D eigenvalue weighted by molar-refractivity contribution is 7.82. The molecule has 0 N–H and O–H groups in total. The van der Waals surface area contributed by atoms with Gasteiger partial charge in [0.05, 0.1) is 19.9 Å². The summed E-state index contributed by atoms with van der Waals surface area (Å²) in [6.45, 7) is 1.92. The van der Waals surface area contributed by atoms with E-state index >= 15 is 0 Å². The van der Waals surface area contributed by atoms with Crippen LogP contribution in [-0.2, 0) is 19.1 Å². The van der Waals surface area contributed by atoms with Crippen molar-refractivity contribution in [1.29, 1.82) is 0 Å². The summed E-state index contributed by atoms with van der Waals surface area (Å²) in [5.74, 6) is -1.41. The molecule has 0 aromatic heterocycles. The summed E-state index contributed by atoms with van der Waals surface area (Å²) in [6.07, 6.45) is 5.34. The number of hydrogen-bond acceptors (Lipinski definition) is 6. The fourth-order valence-corrected chi connectivity index (χ4v) is 1.89. The van der Waals surface area contributed by atoms with Gasteiger partial charge in [-0.2, -0.15) is 0 Å². The Labute approximate surface area is 117 Å². The zero-order chi connectivity index (χ0) is 14.6. The van der Waals surface area contributed by atoms with Gasteiger partial charge in [-0.15, -0.1) is 0 Å². The van der Waals surface area contributed by atoms with Crippen LogP contribution in [0, 0.1) is 0 Å². The molecule has 0 unspecified atom stereocenters. The fourth-order valence-electron chi connectivity index (χ4n) is 1.62. The van der Waals surface area contributed by atoms with Crippen molar-refractivity contribution in [3.63, 3.8) is 0 Å². The lowest BCUT2D eigenvalue weighted by Gasteiger charge is -2.23. The quantitative estimate of drug-likeness (QED) is 0.442. The van der Waals surface area contributed by atoms with Gasteiger partial charge in [0.2, 0.25) is 0 Å². The first-order chi connectivity index (χ1) is 8.92. The topological polar surface area (TPSA) is 55.8 Å². The van der Waals surface area contributed by atoms with Crippen molar-refractivity contribution in [3.8, 4) is 0 Å². The molecule has 0 saturated carbocycles. The second kappa shape index (κ2) is 6.29. The number of carbonyl (C=O) groups is 2. The fraction of sp³-hybridized carbons (Fsp3) is 0.308. The molecule has 0 radical (unpaired) electrons. The van der Waals surface area contributed by atoms with Crippen molar-refractivity contribution in [2.75, 3.05) is 21.3 Å². The van der Waals surface area contributed by atoms with Crippen LogP contribution in [-0.4, -0.2) is 43.0 Å².